The number of fused-ring (bicyclic) bond motifs is 3. The summed E-state index contributed by atoms with van der Waals surface area (Å²) in [5.74, 6) is -1.07. The number of benzene rings is 3. The molecule has 0 fully saturated rings. The van der Waals surface area contributed by atoms with Gasteiger partial charge in [-0.1, -0.05) is 48.5 Å². The van der Waals surface area contributed by atoms with Gasteiger partial charge in [0.1, 0.15) is 13.2 Å². The van der Waals surface area contributed by atoms with Gasteiger partial charge < -0.3 is 20.1 Å². The number of carbonyl (C=O) groups excluding carboxylic acids is 2. The van der Waals surface area contributed by atoms with Crippen LogP contribution in [0.15, 0.2) is 72.8 Å². The molecule has 8 heteroatoms. The van der Waals surface area contributed by atoms with E-state index in [1.54, 1.807) is 12.1 Å². The first-order valence-corrected chi connectivity index (χ1v) is 11.5. The number of nitrogens with zero attached hydrogens (tertiary/aromatic N) is 1. The lowest BCUT2D eigenvalue weighted by molar-refractivity contribution is -0.117. The van der Waals surface area contributed by atoms with Crippen molar-refractivity contribution in [2.24, 2.45) is 0 Å². The Labute approximate surface area is 202 Å². The summed E-state index contributed by atoms with van der Waals surface area (Å²) < 4.78 is 5.48. The van der Waals surface area contributed by atoms with Crippen LogP contribution in [0.3, 0.4) is 0 Å². The molecule has 2 N–H and O–H groups in total. The zero-order valence-corrected chi connectivity index (χ0v) is 19.2. The summed E-state index contributed by atoms with van der Waals surface area (Å²) in [6, 6.07) is 22.1. The van der Waals surface area contributed by atoms with E-state index in [1.807, 2.05) is 36.4 Å². The van der Waals surface area contributed by atoms with Gasteiger partial charge in [-0.2, -0.15) is 12.6 Å². The number of aromatic carboxylic acids is 1. The van der Waals surface area contributed by atoms with Gasteiger partial charge in [-0.3, -0.25) is 4.79 Å². The molecule has 7 nitrogen and oxygen atoms in total. The summed E-state index contributed by atoms with van der Waals surface area (Å²) in [6.45, 7) is 0.205. The lowest BCUT2D eigenvalue weighted by atomic mass is 9.98. The molecule has 0 saturated heterocycles. The Morgan fingerprint density at radius 2 is 1.50 bits per heavy atom. The molecule has 0 atom stereocenters. The van der Waals surface area contributed by atoms with Gasteiger partial charge in [0.2, 0.25) is 5.91 Å². The Morgan fingerprint density at radius 1 is 0.912 bits per heavy atom. The number of ether oxygens (including phenoxy) is 1. The van der Waals surface area contributed by atoms with Crippen LogP contribution < -0.4 is 10.2 Å². The molecule has 3 aromatic rings. The number of hydrogen-bond acceptors (Lipinski definition) is 5. The SMILES string of the molecule is O=C(NCC(=O)N(CCS)c1ccc(C(=O)O)cc1)OCC1c2ccccc2-c2ccccc21. The second-order valence-electron chi connectivity index (χ2n) is 7.80. The first kappa shape index (κ1) is 23.4. The second kappa shape index (κ2) is 10.4. The van der Waals surface area contributed by atoms with Crippen LogP contribution in [0.5, 0.6) is 0 Å². The van der Waals surface area contributed by atoms with Crippen molar-refractivity contribution < 1.29 is 24.2 Å². The zero-order valence-electron chi connectivity index (χ0n) is 18.3. The predicted molar refractivity (Wildman–Crippen MR) is 133 cm³/mol. The molecule has 3 aromatic carbocycles. The first-order valence-electron chi connectivity index (χ1n) is 10.8. The smallest absolute Gasteiger partial charge is 0.407 e. The minimum Gasteiger partial charge on any atom is -0.478 e. The summed E-state index contributed by atoms with van der Waals surface area (Å²) in [7, 11) is 0. The third-order valence-electron chi connectivity index (χ3n) is 5.78. The summed E-state index contributed by atoms with van der Waals surface area (Å²) in [6.07, 6.45) is -0.678. The number of thiol groups is 1. The number of amides is 2. The summed E-state index contributed by atoms with van der Waals surface area (Å²) >= 11 is 4.20. The van der Waals surface area contributed by atoms with Crippen LogP contribution in [0.25, 0.3) is 11.1 Å². The van der Waals surface area contributed by atoms with E-state index in [0.717, 1.165) is 22.3 Å². The number of rotatable bonds is 8. The maximum absolute atomic E-state index is 12.8. The van der Waals surface area contributed by atoms with Crippen molar-refractivity contribution in [2.75, 3.05) is 30.3 Å². The quantitative estimate of drug-likeness (QED) is 0.424. The fraction of sp³-hybridized carbons (Fsp3) is 0.192. The number of carbonyl (C=O) groups is 3. The lowest BCUT2D eigenvalue weighted by Gasteiger charge is -2.22. The lowest BCUT2D eigenvalue weighted by Crippen LogP contribution is -2.41. The maximum Gasteiger partial charge on any atom is 0.407 e. The fourth-order valence-corrected chi connectivity index (χ4v) is 4.37. The fourth-order valence-electron chi connectivity index (χ4n) is 4.17. The van der Waals surface area contributed by atoms with E-state index in [-0.39, 0.29) is 30.5 Å². The van der Waals surface area contributed by atoms with Crippen LogP contribution in [0.1, 0.15) is 27.4 Å². The Balaban J connectivity index is 1.36. The van der Waals surface area contributed by atoms with Crippen LogP contribution in [-0.2, 0) is 9.53 Å². The van der Waals surface area contributed by atoms with Crippen molar-refractivity contribution in [2.45, 2.75) is 5.92 Å². The van der Waals surface area contributed by atoms with Gasteiger partial charge in [0.05, 0.1) is 5.56 Å². The highest BCUT2D eigenvalue weighted by atomic mass is 32.1. The summed E-state index contributed by atoms with van der Waals surface area (Å²) in [5, 5.41) is 11.6. The number of carboxylic acid groups (broad SMARTS) is 1. The molecule has 1 aliphatic rings. The molecule has 0 saturated carbocycles. The molecule has 0 unspecified atom stereocenters. The molecule has 0 heterocycles. The minimum absolute atomic E-state index is 0.0673. The Bertz CT molecular complexity index is 1170. The van der Waals surface area contributed by atoms with Crippen LogP contribution in [0.2, 0.25) is 0 Å². The molecule has 1 aliphatic carbocycles. The van der Waals surface area contributed by atoms with Gasteiger partial charge in [0.15, 0.2) is 0 Å². The number of nitrogens with one attached hydrogen (secondary N) is 1. The predicted octanol–water partition coefficient (Wildman–Crippen LogP) is 4.19. The molecule has 2 amide bonds. The van der Waals surface area contributed by atoms with Crippen LogP contribution in [0.4, 0.5) is 10.5 Å². The topological polar surface area (TPSA) is 95.9 Å². The van der Waals surface area contributed by atoms with E-state index in [2.05, 4.69) is 30.1 Å². The zero-order chi connectivity index (χ0) is 24.1. The molecule has 174 valence electrons. The largest absolute Gasteiger partial charge is 0.478 e. The van der Waals surface area contributed by atoms with Crippen molar-refractivity contribution >= 4 is 36.3 Å². The van der Waals surface area contributed by atoms with Crippen molar-refractivity contribution in [3.05, 3.63) is 89.5 Å². The van der Waals surface area contributed by atoms with Crippen molar-refractivity contribution in [1.29, 1.82) is 0 Å². The third kappa shape index (κ3) is 4.92. The molecule has 0 aromatic heterocycles. The number of anilines is 1. The molecule has 0 aliphatic heterocycles. The third-order valence-corrected chi connectivity index (χ3v) is 5.98. The Hall–Kier alpha value is -3.78. The van der Waals surface area contributed by atoms with E-state index in [4.69, 9.17) is 9.84 Å². The van der Waals surface area contributed by atoms with Gasteiger partial charge in [-0.05, 0) is 46.5 Å². The highest BCUT2D eigenvalue weighted by Crippen LogP contribution is 2.44. The van der Waals surface area contributed by atoms with Crippen molar-refractivity contribution in [3.8, 4) is 11.1 Å². The van der Waals surface area contributed by atoms with E-state index >= 15 is 0 Å². The van der Waals surface area contributed by atoms with E-state index < -0.39 is 12.1 Å². The highest BCUT2D eigenvalue weighted by molar-refractivity contribution is 7.80. The molecule has 0 radical (unpaired) electrons. The first-order chi connectivity index (χ1) is 16.5. The van der Waals surface area contributed by atoms with Gasteiger partial charge >= 0.3 is 12.1 Å². The number of alkyl carbamates (subject to hydrolysis) is 1. The maximum atomic E-state index is 12.8. The molecule has 0 bridgehead atoms. The van der Waals surface area contributed by atoms with Crippen LogP contribution in [0, 0.1) is 0 Å². The van der Waals surface area contributed by atoms with E-state index in [0.29, 0.717) is 18.0 Å². The van der Waals surface area contributed by atoms with E-state index in [1.165, 1.54) is 17.0 Å². The Kier molecular flexibility index (Phi) is 7.18. The van der Waals surface area contributed by atoms with Crippen LogP contribution in [-0.4, -0.2) is 48.5 Å². The van der Waals surface area contributed by atoms with Crippen molar-refractivity contribution in [3.63, 3.8) is 0 Å². The van der Waals surface area contributed by atoms with Crippen molar-refractivity contribution in [1.82, 2.24) is 5.32 Å². The molecular weight excluding hydrogens is 452 g/mol. The summed E-state index contributed by atoms with van der Waals surface area (Å²) in [5.41, 5.74) is 5.14. The van der Waals surface area contributed by atoms with E-state index in [9.17, 15) is 14.4 Å². The highest BCUT2D eigenvalue weighted by Gasteiger charge is 2.29. The molecule has 0 spiro atoms. The number of carboxylic acids is 1. The second-order valence-corrected chi connectivity index (χ2v) is 8.25. The average molecular weight is 477 g/mol. The van der Waals surface area contributed by atoms with Gasteiger partial charge in [-0.15, -0.1) is 0 Å². The number of hydrogen-bond donors (Lipinski definition) is 3. The van der Waals surface area contributed by atoms with Gasteiger partial charge in [-0.25, -0.2) is 9.59 Å². The average Bonchev–Trinajstić information content (AvgIpc) is 3.18. The molecular formula is C26H24N2O5S. The molecule has 34 heavy (non-hydrogen) atoms. The monoisotopic (exact) mass is 476 g/mol. The standard InChI is InChI=1S/C26H24N2O5S/c29-24(28(13-14-34)18-11-9-17(10-12-18)25(30)31)15-27-26(32)33-16-23-21-7-3-1-5-19(21)20-6-2-4-8-22(20)23/h1-12,23,34H,13-16H2,(H,27,32)(H,30,31). The van der Waals surface area contributed by atoms with Crippen LogP contribution >= 0.6 is 12.6 Å². The normalized spacial score (nSPS) is 11.9. The van der Waals surface area contributed by atoms with Gasteiger partial charge in [0.25, 0.3) is 0 Å². The molecule has 4 rings (SSSR count). The Morgan fingerprint density at radius 3 is 2.06 bits per heavy atom. The minimum atomic E-state index is -1.05. The van der Waals surface area contributed by atoms with Gasteiger partial charge in [0, 0.05) is 23.9 Å². The summed E-state index contributed by atoms with van der Waals surface area (Å²) in [4.78, 5) is 37.6.